The van der Waals surface area contributed by atoms with Gasteiger partial charge in [0, 0.05) is 0 Å². The first kappa shape index (κ1) is 68.5. The molecule has 4 aliphatic carbocycles. The van der Waals surface area contributed by atoms with Crippen LogP contribution in [-0.2, 0) is 66.7 Å². The summed E-state index contributed by atoms with van der Waals surface area (Å²) in [4.78, 5) is 0. The minimum atomic E-state index is -4.90. The first-order valence-electron chi connectivity index (χ1n) is 31.0. The number of hydrogen-bond donors (Lipinski definition) is 14. The Kier molecular flexibility index (Phi) is 20.3. The highest BCUT2D eigenvalue weighted by atomic mass is 32.3. The van der Waals surface area contributed by atoms with Crippen LogP contribution in [0.4, 0.5) is 0 Å². The fourth-order valence-electron chi connectivity index (χ4n) is 16.5. The van der Waals surface area contributed by atoms with Crippen molar-refractivity contribution >= 4 is 10.4 Å². The largest absolute Gasteiger partial charge is 0.397 e. The summed E-state index contributed by atoms with van der Waals surface area (Å²) >= 11 is 0. The van der Waals surface area contributed by atoms with E-state index in [2.05, 4.69) is 40.7 Å². The molecule has 0 radical (unpaired) electrons. The molecule has 0 aromatic heterocycles. The van der Waals surface area contributed by atoms with Gasteiger partial charge in [0.25, 0.3) is 0 Å². The molecule has 0 aromatic rings. The van der Waals surface area contributed by atoms with Crippen LogP contribution in [0.3, 0.4) is 0 Å². The SMILES string of the molecule is CC(C)[C@H](C)C1OC1[C@](C)(O)[C@H]1CCC2C3C[C@H](O[C@@H]4O[C@H](CO)[C@@H](O)[C@H](O[C@@H]5O[C@H](C)[C@@H](O[C@@H]6O[C@H](C)[C@H](O)[C@H](O)[C@H]6O[C@@H]6O[C@H](C)[C@H](O)[C@H](O)[C@H]6O)[C@H](O)[C@H]5O[C@@H]5O[C@H](C)[C@@H](O)[C@H](O)[C@H]5O)[C@H]4O)C4C[C@H](OS(=O)(=O)O)CC[C@]4(C)C3=CC[C@@]21C. The number of aliphatic hydroxyl groups is 13. The molecule has 0 amide bonds. The van der Waals surface area contributed by atoms with Crippen LogP contribution < -0.4 is 0 Å². The van der Waals surface area contributed by atoms with Gasteiger partial charge in [0.1, 0.15) is 104 Å². The summed E-state index contributed by atoms with van der Waals surface area (Å²) in [5, 5.41) is 147. The fraction of sp³-hybridized carbons (Fsp3) is 0.966. The van der Waals surface area contributed by atoms with E-state index in [0.29, 0.717) is 25.2 Å². The Labute approximate surface area is 506 Å². The van der Waals surface area contributed by atoms with Crippen LogP contribution in [0.1, 0.15) is 114 Å². The van der Waals surface area contributed by atoms with Crippen molar-refractivity contribution in [2.75, 3.05) is 6.61 Å². The summed E-state index contributed by atoms with van der Waals surface area (Å²) in [6.07, 6.45) is -38.9. The molecular weight excluding hydrogens is 1180 g/mol. The number of epoxide rings is 1. The second kappa shape index (κ2) is 25.8. The molecule has 0 spiro atoms. The summed E-state index contributed by atoms with van der Waals surface area (Å²) in [5.74, 6) is -0.213. The third-order valence-electron chi connectivity index (χ3n) is 22.1. The van der Waals surface area contributed by atoms with Gasteiger partial charge in [0.15, 0.2) is 31.5 Å². The molecule has 28 nitrogen and oxygen atoms in total. The Morgan fingerprint density at radius 2 is 1.10 bits per heavy atom. The highest BCUT2D eigenvalue weighted by Crippen LogP contribution is 2.68. The molecule has 9 fully saturated rings. The maximum atomic E-state index is 12.5. The molecule has 14 N–H and O–H groups in total. The van der Waals surface area contributed by atoms with Crippen molar-refractivity contribution < 1.29 is 136 Å². The molecule has 5 unspecified atom stereocenters. The monoisotopic (exact) mass is 1270 g/mol. The topological polar surface area (TPSA) is 431 Å². The van der Waals surface area contributed by atoms with E-state index in [-0.39, 0.29) is 48.7 Å². The lowest BCUT2D eigenvalue weighted by Crippen LogP contribution is -2.68. The lowest BCUT2D eigenvalue weighted by molar-refractivity contribution is -0.406. The van der Waals surface area contributed by atoms with Crippen LogP contribution in [-0.4, -0.2) is 270 Å². The molecule has 0 aromatic carbocycles. The van der Waals surface area contributed by atoms with Crippen molar-refractivity contribution in [1.82, 2.24) is 0 Å². The molecule has 10 aliphatic rings. The second-order valence-electron chi connectivity index (χ2n) is 27.8. The molecular formula is C58H96O28S. The van der Waals surface area contributed by atoms with Gasteiger partial charge in [-0.3, -0.25) is 4.55 Å². The number of allylic oxidation sites excluding steroid dienone is 2. The van der Waals surface area contributed by atoms with Crippen LogP contribution in [0.2, 0.25) is 0 Å². The van der Waals surface area contributed by atoms with Gasteiger partial charge in [-0.2, -0.15) is 8.42 Å². The molecule has 87 heavy (non-hydrogen) atoms. The van der Waals surface area contributed by atoms with Gasteiger partial charge >= 0.3 is 10.4 Å². The van der Waals surface area contributed by atoms with Crippen LogP contribution in [0.5, 0.6) is 0 Å². The normalized spacial score (nSPS) is 54.0. The Hall–Kier alpha value is -1.35. The Morgan fingerprint density at radius 1 is 0.586 bits per heavy atom. The van der Waals surface area contributed by atoms with Gasteiger partial charge in [0.2, 0.25) is 0 Å². The molecule has 502 valence electrons. The van der Waals surface area contributed by atoms with Crippen LogP contribution in [0, 0.1) is 46.3 Å². The zero-order valence-electron chi connectivity index (χ0n) is 50.8. The van der Waals surface area contributed by atoms with Gasteiger partial charge in [-0.1, -0.05) is 46.3 Å². The smallest absolute Gasteiger partial charge is 0.394 e. The lowest BCUT2D eigenvalue weighted by atomic mass is 9.47. The Balaban J connectivity index is 0.930. The van der Waals surface area contributed by atoms with E-state index < -0.39 is 205 Å². The summed E-state index contributed by atoms with van der Waals surface area (Å²) in [5.41, 5.74) is -1.05. The van der Waals surface area contributed by atoms with E-state index in [1.165, 1.54) is 27.7 Å². The summed E-state index contributed by atoms with van der Waals surface area (Å²) in [6, 6.07) is 0. The molecule has 37 atom stereocenters. The van der Waals surface area contributed by atoms with Gasteiger partial charge in [-0.25, -0.2) is 4.18 Å². The zero-order chi connectivity index (χ0) is 63.6. The second-order valence-corrected chi connectivity index (χ2v) is 28.8. The van der Waals surface area contributed by atoms with Crippen LogP contribution in [0.25, 0.3) is 0 Å². The highest BCUT2D eigenvalue weighted by molar-refractivity contribution is 7.80. The van der Waals surface area contributed by atoms with Gasteiger partial charge in [0.05, 0.1) is 54.9 Å². The summed E-state index contributed by atoms with van der Waals surface area (Å²) in [7, 11) is -4.90. The van der Waals surface area contributed by atoms with Crippen LogP contribution in [0.15, 0.2) is 11.6 Å². The van der Waals surface area contributed by atoms with Gasteiger partial charge in [-0.05, 0) is 126 Å². The number of aliphatic hydroxyl groups excluding tert-OH is 12. The van der Waals surface area contributed by atoms with Gasteiger partial charge in [-0.15, -0.1) is 0 Å². The fourth-order valence-corrected chi connectivity index (χ4v) is 17.0. The van der Waals surface area contributed by atoms with Crippen molar-refractivity contribution in [3.63, 3.8) is 0 Å². The molecule has 6 heterocycles. The van der Waals surface area contributed by atoms with Crippen molar-refractivity contribution in [3.8, 4) is 0 Å². The number of hydrogen-bond acceptors (Lipinski definition) is 27. The molecule has 6 saturated heterocycles. The van der Waals surface area contributed by atoms with Crippen molar-refractivity contribution in [1.29, 1.82) is 0 Å². The quantitative estimate of drug-likeness (QED) is 0.0416. The maximum absolute atomic E-state index is 12.5. The van der Waals surface area contributed by atoms with E-state index in [0.717, 1.165) is 18.4 Å². The Bertz CT molecular complexity index is 2500. The Morgan fingerprint density at radius 3 is 1.67 bits per heavy atom. The number of fused-ring (bicyclic) bond motifs is 5. The van der Waals surface area contributed by atoms with E-state index in [9.17, 15) is 79.4 Å². The summed E-state index contributed by atoms with van der Waals surface area (Å²) in [6.45, 7) is 17.3. The maximum Gasteiger partial charge on any atom is 0.397 e. The molecule has 0 bridgehead atoms. The van der Waals surface area contributed by atoms with Gasteiger partial charge < -0.3 is 118 Å². The standard InChI is InChI=1S/C58H96O28S/c1-20(2)21(3)45-50(81-45)58(10,71)33-12-11-28-27-18-31(30-17-26(86-87(72,73)74)13-15-56(30,8)29(27)14-16-57(28,33)9)79-53-44(70)47(37(63)32(19-59)80-53)83-55-49(85-52-42(68)39(65)35(61)23(5)76-52)43(69)46(25(7)78-55)82-54-48(40(66)36(62)24(6)77-54)84-51-41(67)38(64)34(60)22(4)75-51/h14,20-28,30-55,59-71H,11-13,15-19H2,1-10H3,(H,72,73,74)/t21-,22+,23+,24+,25+,26+,27?,28?,30?,31-,32+,33-,34-,35+,36-,37+,38-,39-,40-,41+,42+,43-,44+,45?,46+,47-,48+,49+,50?,51-,52-,53+,54-,55-,56+,57-,58+/m0/s1. The van der Waals surface area contributed by atoms with Crippen LogP contribution >= 0.6 is 0 Å². The number of ether oxygens (including phenoxy) is 11. The van der Waals surface area contributed by atoms with E-state index in [1.54, 1.807) is 0 Å². The first-order chi connectivity index (χ1) is 40.6. The molecule has 29 heteroatoms. The molecule has 3 saturated carbocycles. The van der Waals surface area contributed by atoms with E-state index in [4.69, 9.17) is 56.3 Å². The predicted molar refractivity (Wildman–Crippen MR) is 294 cm³/mol. The van der Waals surface area contributed by atoms with E-state index in [1.807, 2.05) is 6.92 Å². The third kappa shape index (κ3) is 12.8. The lowest BCUT2D eigenvalue weighted by Gasteiger charge is -2.60. The molecule has 10 rings (SSSR count). The average Bonchev–Trinajstić information content (AvgIpc) is 1.66. The minimum Gasteiger partial charge on any atom is -0.394 e. The highest BCUT2D eigenvalue weighted by Gasteiger charge is 2.67. The summed E-state index contributed by atoms with van der Waals surface area (Å²) < 4.78 is 108. The number of rotatable bonds is 17. The predicted octanol–water partition coefficient (Wildman–Crippen LogP) is -2.23. The first-order valence-corrected chi connectivity index (χ1v) is 32.4. The van der Waals surface area contributed by atoms with Crippen molar-refractivity contribution in [2.45, 2.75) is 298 Å². The van der Waals surface area contributed by atoms with E-state index >= 15 is 0 Å². The third-order valence-corrected chi connectivity index (χ3v) is 22.6. The van der Waals surface area contributed by atoms with Crippen molar-refractivity contribution in [3.05, 3.63) is 11.6 Å². The van der Waals surface area contributed by atoms with Crippen molar-refractivity contribution in [2.24, 2.45) is 46.3 Å². The average molecular weight is 1270 g/mol. The zero-order valence-corrected chi connectivity index (χ0v) is 51.6. The molecule has 6 aliphatic heterocycles. The minimum absolute atomic E-state index is 0.0278.